The number of nitrogens with two attached hydrogens (primary N) is 1. The Kier molecular flexibility index (Phi) is 5.00. The first-order valence-corrected chi connectivity index (χ1v) is 12.0. The molecule has 6 rings (SSSR count). The van der Waals surface area contributed by atoms with E-state index in [1.54, 1.807) is 23.7 Å². The second kappa shape index (κ2) is 7.95. The van der Waals surface area contributed by atoms with E-state index in [0.717, 1.165) is 64.7 Å². The molecule has 0 aliphatic carbocycles. The van der Waals surface area contributed by atoms with Crippen LogP contribution < -0.4 is 10.6 Å². The van der Waals surface area contributed by atoms with Crippen LogP contribution in [0.1, 0.15) is 25.7 Å². The third-order valence-corrected chi connectivity index (χ3v) is 7.57. The van der Waals surface area contributed by atoms with Gasteiger partial charge in [-0.2, -0.15) is 5.10 Å². The SMILES string of the molecule is CN(C)C(=O)Cn1cc2c(Cl)c(-c3c[nH]c4nc(N5[C@@H]6CC[C@H]5CC(N)C6)cnc34)ccc2n1. The maximum absolute atomic E-state index is 12.1. The zero-order valence-electron chi connectivity index (χ0n) is 19.2. The molecule has 2 aliphatic heterocycles. The van der Waals surface area contributed by atoms with E-state index in [1.165, 1.54) is 0 Å². The maximum atomic E-state index is 12.1. The summed E-state index contributed by atoms with van der Waals surface area (Å²) in [6.45, 7) is 0.165. The first-order valence-electron chi connectivity index (χ1n) is 11.6. The number of benzene rings is 1. The van der Waals surface area contributed by atoms with E-state index in [-0.39, 0.29) is 18.5 Å². The Labute approximate surface area is 201 Å². The Morgan fingerprint density at radius 2 is 2.00 bits per heavy atom. The summed E-state index contributed by atoms with van der Waals surface area (Å²) in [5.74, 6) is 0.879. The van der Waals surface area contributed by atoms with Crippen LogP contribution in [0.3, 0.4) is 0 Å². The molecule has 2 aliphatic rings. The van der Waals surface area contributed by atoms with Crippen molar-refractivity contribution in [1.82, 2.24) is 29.6 Å². The number of anilines is 1. The third-order valence-electron chi connectivity index (χ3n) is 7.16. The minimum atomic E-state index is -0.0315. The van der Waals surface area contributed by atoms with Crippen LogP contribution in [0.15, 0.2) is 30.7 Å². The normalized spacial score (nSPS) is 22.1. The number of hydrogen-bond acceptors (Lipinski definition) is 6. The van der Waals surface area contributed by atoms with Gasteiger partial charge in [0, 0.05) is 61.1 Å². The summed E-state index contributed by atoms with van der Waals surface area (Å²) in [6, 6.07) is 5.04. The fraction of sp³-hybridized carbons (Fsp3) is 0.417. The maximum Gasteiger partial charge on any atom is 0.243 e. The topological polar surface area (TPSA) is 109 Å². The molecule has 2 fully saturated rings. The van der Waals surface area contributed by atoms with Gasteiger partial charge in [-0.05, 0) is 31.7 Å². The lowest BCUT2D eigenvalue weighted by Crippen LogP contribution is -2.47. The van der Waals surface area contributed by atoms with Gasteiger partial charge < -0.3 is 20.5 Å². The van der Waals surface area contributed by atoms with Crippen molar-refractivity contribution in [3.05, 3.63) is 35.7 Å². The lowest BCUT2D eigenvalue weighted by molar-refractivity contribution is -0.129. The molecule has 2 bridgehead atoms. The van der Waals surface area contributed by atoms with Crippen LogP contribution in [-0.4, -0.2) is 67.8 Å². The van der Waals surface area contributed by atoms with Crippen LogP contribution in [-0.2, 0) is 11.3 Å². The molecule has 0 radical (unpaired) electrons. The van der Waals surface area contributed by atoms with E-state index in [2.05, 4.69) is 15.0 Å². The Morgan fingerprint density at radius 1 is 1.24 bits per heavy atom. The fourth-order valence-corrected chi connectivity index (χ4v) is 5.80. The smallest absolute Gasteiger partial charge is 0.243 e. The number of amides is 1. The minimum Gasteiger partial charge on any atom is -0.349 e. The predicted molar refractivity (Wildman–Crippen MR) is 133 cm³/mol. The van der Waals surface area contributed by atoms with Gasteiger partial charge in [-0.25, -0.2) is 9.97 Å². The Morgan fingerprint density at radius 3 is 2.74 bits per heavy atom. The lowest BCUT2D eigenvalue weighted by atomic mass is 9.98. The van der Waals surface area contributed by atoms with Crippen LogP contribution >= 0.6 is 11.6 Å². The summed E-state index contributed by atoms with van der Waals surface area (Å²) < 4.78 is 1.63. The van der Waals surface area contributed by atoms with Gasteiger partial charge in [0.15, 0.2) is 5.65 Å². The van der Waals surface area contributed by atoms with E-state index < -0.39 is 0 Å². The number of hydrogen-bond donors (Lipinski definition) is 2. The highest BCUT2D eigenvalue weighted by molar-refractivity contribution is 6.38. The number of aromatic amines is 1. The summed E-state index contributed by atoms with van der Waals surface area (Å²) in [5, 5.41) is 5.88. The molecule has 0 saturated carbocycles. The number of carbonyl (C=O) groups excluding carboxylic acids is 1. The highest BCUT2D eigenvalue weighted by Gasteiger charge is 2.40. The van der Waals surface area contributed by atoms with Gasteiger partial charge >= 0.3 is 0 Å². The molecule has 10 heteroatoms. The lowest BCUT2D eigenvalue weighted by Gasteiger charge is -2.38. The molecule has 3 N–H and O–H groups in total. The molecule has 9 nitrogen and oxygen atoms in total. The van der Waals surface area contributed by atoms with Crippen LogP contribution in [0, 0.1) is 0 Å². The molecule has 176 valence electrons. The number of piperidine rings is 1. The number of fused-ring (bicyclic) bond motifs is 4. The molecule has 5 heterocycles. The average molecular weight is 479 g/mol. The molecular formula is C24H27ClN8O. The van der Waals surface area contributed by atoms with E-state index in [1.807, 2.05) is 30.7 Å². The second-order valence-electron chi connectivity index (χ2n) is 9.63. The van der Waals surface area contributed by atoms with Gasteiger partial charge in [0.2, 0.25) is 5.91 Å². The summed E-state index contributed by atoms with van der Waals surface area (Å²) in [4.78, 5) is 29.0. The summed E-state index contributed by atoms with van der Waals surface area (Å²) in [6.07, 6.45) is 9.94. The molecule has 1 unspecified atom stereocenters. The van der Waals surface area contributed by atoms with Crippen molar-refractivity contribution in [3.63, 3.8) is 0 Å². The number of rotatable bonds is 4. The number of carbonyl (C=O) groups is 1. The van der Waals surface area contributed by atoms with Crippen molar-refractivity contribution in [2.24, 2.45) is 5.73 Å². The third kappa shape index (κ3) is 3.42. The molecule has 3 aromatic heterocycles. The van der Waals surface area contributed by atoms with Crippen molar-refractivity contribution < 1.29 is 4.79 Å². The van der Waals surface area contributed by atoms with Gasteiger partial charge in [0.05, 0.1) is 16.7 Å². The monoisotopic (exact) mass is 478 g/mol. The molecule has 1 aromatic carbocycles. The number of likely N-dealkylation sites (N-methyl/N-ethyl adjacent to an activating group) is 1. The van der Waals surface area contributed by atoms with Gasteiger partial charge in [-0.15, -0.1) is 0 Å². The number of aromatic nitrogens is 5. The van der Waals surface area contributed by atoms with Crippen LogP contribution in [0.2, 0.25) is 5.02 Å². The first kappa shape index (κ1) is 21.4. The van der Waals surface area contributed by atoms with Crippen molar-refractivity contribution in [1.29, 1.82) is 0 Å². The standard InChI is InChI=1S/C24H27ClN8O/c1-31(2)21(34)12-32-11-18-19(30-32)6-5-16(22(18)25)17-9-28-24-23(17)27-10-20(29-24)33-14-3-4-15(33)8-13(26)7-14/h5-6,9-11,13-15H,3-4,7-8,12,26H2,1-2H3,(H,28,29)/t13?,14-,15+. The Bertz CT molecular complexity index is 1400. The Hall–Kier alpha value is -3.17. The van der Waals surface area contributed by atoms with Crippen molar-refractivity contribution >= 4 is 45.4 Å². The molecule has 34 heavy (non-hydrogen) atoms. The summed E-state index contributed by atoms with van der Waals surface area (Å²) >= 11 is 6.83. The highest BCUT2D eigenvalue weighted by Crippen LogP contribution is 2.40. The van der Waals surface area contributed by atoms with Gasteiger partial charge in [-0.3, -0.25) is 9.48 Å². The number of nitrogens with zero attached hydrogens (tertiary/aromatic N) is 6. The zero-order valence-corrected chi connectivity index (χ0v) is 20.0. The first-order chi connectivity index (χ1) is 16.4. The van der Waals surface area contributed by atoms with Crippen LogP contribution in [0.25, 0.3) is 33.2 Å². The summed E-state index contributed by atoms with van der Waals surface area (Å²) in [5.41, 5.74) is 10.2. The fourth-order valence-electron chi connectivity index (χ4n) is 5.49. The molecule has 4 aromatic rings. The molecule has 2 saturated heterocycles. The van der Waals surface area contributed by atoms with Crippen LogP contribution in [0.5, 0.6) is 0 Å². The number of H-pyrrole nitrogens is 1. The molecular weight excluding hydrogens is 452 g/mol. The highest BCUT2D eigenvalue weighted by atomic mass is 35.5. The predicted octanol–water partition coefficient (Wildman–Crippen LogP) is 3.17. The second-order valence-corrected chi connectivity index (χ2v) is 10.0. The molecule has 3 atom stereocenters. The molecule has 1 amide bonds. The average Bonchev–Trinajstić information content (AvgIpc) is 3.48. The van der Waals surface area contributed by atoms with Gasteiger partial charge in [-0.1, -0.05) is 17.7 Å². The number of nitrogens with one attached hydrogen (secondary N) is 1. The van der Waals surface area contributed by atoms with E-state index in [9.17, 15) is 4.79 Å². The largest absolute Gasteiger partial charge is 0.349 e. The van der Waals surface area contributed by atoms with Crippen LogP contribution in [0.4, 0.5) is 5.82 Å². The van der Waals surface area contributed by atoms with Crippen molar-refractivity contribution in [2.45, 2.75) is 50.4 Å². The van der Waals surface area contributed by atoms with E-state index in [4.69, 9.17) is 27.3 Å². The van der Waals surface area contributed by atoms with E-state index in [0.29, 0.717) is 17.1 Å². The van der Waals surface area contributed by atoms with Gasteiger partial charge in [0.25, 0.3) is 0 Å². The summed E-state index contributed by atoms with van der Waals surface area (Å²) in [7, 11) is 3.45. The quantitative estimate of drug-likeness (QED) is 0.466. The van der Waals surface area contributed by atoms with E-state index >= 15 is 0 Å². The van der Waals surface area contributed by atoms with Crippen molar-refractivity contribution in [2.75, 3.05) is 19.0 Å². The molecule has 0 spiro atoms. The Balaban J connectivity index is 1.35. The minimum absolute atomic E-state index is 0.0315. The van der Waals surface area contributed by atoms with Crippen molar-refractivity contribution in [3.8, 4) is 11.1 Å². The zero-order chi connectivity index (χ0) is 23.6. The van der Waals surface area contributed by atoms with Gasteiger partial charge in [0.1, 0.15) is 17.9 Å². The number of halogens is 1.